The van der Waals surface area contributed by atoms with Gasteiger partial charge in [-0.15, -0.1) is 0 Å². The van der Waals surface area contributed by atoms with E-state index in [4.69, 9.17) is 30.8 Å². The van der Waals surface area contributed by atoms with Gasteiger partial charge in [0.05, 0.1) is 0 Å². The van der Waals surface area contributed by atoms with Gasteiger partial charge >= 0.3 is 0 Å². The molecule has 2 aromatic rings. The average molecular weight is 297 g/mol. The average Bonchev–Trinajstić information content (AvgIpc) is 2.52. The van der Waals surface area contributed by atoms with Crippen LogP contribution in [0.3, 0.4) is 0 Å². The van der Waals surface area contributed by atoms with E-state index in [1.54, 1.807) is 0 Å². The van der Waals surface area contributed by atoms with E-state index in [2.05, 4.69) is 60.7 Å². The lowest BCUT2D eigenvalue weighted by Crippen LogP contribution is -1.85. The van der Waals surface area contributed by atoms with Gasteiger partial charge in [0.2, 0.25) is 12.2 Å². The molecule has 0 aliphatic carbocycles. The quantitative estimate of drug-likeness (QED) is 0.447. The van der Waals surface area contributed by atoms with Crippen molar-refractivity contribution in [2.45, 2.75) is 6.42 Å². The van der Waals surface area contributed by atoms with Crippen molar-refractivity contribution in [3.8, 4) is 6.26 Å². The van der Waals surface area contributed by atoms with E-state index in [1.807, 2.05) is 0 Å². The van der Waals surface area contributed by atoms with Gasteiger partial charge in [-0.2, -0.15) is 5.26 Å². The van der Waals surface area contributed by atoms with Gasteiger partial charge in [-0.05, 0) is 17.5 Å². The number of nitriles is 1. The van der Waals surface area contributed by atoms with Gasteiger partial charge in [0, 0.05) is 0 Å². The molecule has 0 radical (unpaired) electrons. The Kier molecular flexibility index (Phi) is 16.5. The van der Waals surface area contributed by atoms with Crippen molar-refractivity contribution in [3.05, 3.63) is 71.8 Å². The number of benzene rings is 2. The Morgan fingerprint density at radius 2 is 1.05 bits per heavy atom. The highest BCUT2D eigenvalue weighted by Gasteiger charge is 1.92. The van der Waals surface area contributed by atoms with Crippen LogP contribution in [0.15, 0.2) is 60.7 Å². The minimum Gasteiger partial charge on any atom is -0.443 e. The van der Waals surface area contributed by atoms with E-state index in [-0.39, 0.29) is 0 Å². The lowest BCUT2D eigenvalue weighted by atomic mass is 10.1. The topological polar surface area (TPSA) is 126 Å². The highest BCUT2D eigenvalue weighted by molar-refractivity contribution is 5.26. The predicted octanol–water partition coefficient (Wildman–Crippen LogP) is 2.92. The number of carbonyl (C=O) groups excluding carboxylic acids is 2. The van der Waals surface area contributed by atoms with Crippen LogP contribution in [-0.2, 0) is 16.0 Å². The molecular formula is C16H15N3O3. The first-order valence-corrected chi connectivity index (χ1v) is 5.88. The molecule has 0 atom stereocenters. The Hall–Kier alpha value is -3.51. The molecule has 2 rings (SSSR count). The van der Waals surface area contributed by atoms with Gasteiger partial charge in [0.1, 0.15) is 0 Å². The highest BCUT2D eigenvalue weighted by atomic mass is 16.2. The molecule has 112 valence electrons. The third kappa shape index (κ3) is 14.6. The van der Waals surface area contributed by atoms with Crippen molar-refractivity contribution in [3.63, 3.8) is 0 Å². The van der Waals surface area contributed by atoms with Crippen LogP contribution in [0.1, 0.15) is 11.1 Å². The van der Waals surface area contributed by atoms with E-state index in [1.165, 1.54) is 11.1 Å². The van der Waals surface area contributed by atoms with Gasteiger partial charge in [-0.3, -0.25) is 0 Å². The molecule has 6 nitrogen and oxygen atoms in total. The second kappa shape index (κ2) is 17.5. The Balaban J connectivity index is 0. The summed E-state index contributed by atoms with van der Waals surface area (Å²) in [6.45, 7) is 0. The van der Waals surface area contributed by atoms with Crippen LogP contribution in [-0.4, -0.2) is 17.3 Å². The van der Waals surface area contributed by atoms with Crippen molar-refractivity contribution in [1.29, 1.82) is 16.1 Å². The molecule has 3 N–H and O–H groups in total. The van der Waals surface area contributed by atoms with E-state index in [9.17, 15) is 0 Å². The van der Waals surface area contributed by atoms with Gasteiger partial charge in [-0.25, -0.2) is 20.4 Å². The maximum absolute atomic E-state index is 8.35. The van der Waals surface area contributed by atoms with E-state index >= 15 is 0 Å². The number of rotatable bonds is 2. The standard InChI is InChI=1S/C13H12.3CHNO/c1-3-7-12(8-4-1)11-13-9-5-2-6-10-13;3*2-1-3/h1-10H,11H2;3H;2*2H. The number of isocyanates is 2. The number of hydrogen-bond acceptors (Lipinski definition) is 6. The monoisotopic (exact) mass is 297 g/mol. The number of aliphatic hydroxyl groups is 1. The Morgan fingerprint density at radius 3 is 1.27 bits per heavy atom. The third-order valence-electron chi connectivity index (χ3n) is 2.09. The molecule has 2 aromatic carbocycles. The fourth-order valence-corrected chi connectivity index (χ4v) is 1.43. The molecule has 0 spiro atoms. The zero-order chi connectivity index (χ0) is 17.1. The third-order valence-corrected chi connectivity index (χ3v) is 2.09. The zero-order valence-corrected chi connectivity index (χ0v) is 11.7. The summed E-state index contributed by atoms with van der Waals surface area (Å²) in [5.74, 6) is 0. The van der Waals surface area contributed by atoms with Gasteiger partial charge in [-0.1, -0.05) is 60.7 Å². The first kappa shape index (κ1) is 20.8. The minimum absolute atomic E-state index is 0.750. The summed E-state index contributed by atoms with van der Waals surface area (Å²) in [6.07, 6.45) is 3.28. The smallest absolute Gasteiger partial charge is 0.283 e. The Morgan fingerprint density at radius 1 is 0.818 bits per heavy atom. The van der Waals surface area contributed by atoms with Crippen molar-refractivity contribution >= 4 is 12.2 Å². The van der Waals surface area contributed by atoms with Crippen molar-refractivity contribution in [2.75, 3.05) is 0 Å². The maximum atomic E-state index is 8.35. The largest absolute Gasteiger partial charge is 0.443 e. The molecule has 0 aliphatic heterocycles. The number of nitrogens with one attached hydrogen (secondary N) is 2. The van der Waals surface area contributed by atoms with Crippen LogP contribution in [0.2, 0.25) is 0 Å². The Bertz CT molecular complexity index is 546. The van der Waals surface area contributed by atoms with Crippen LogP contribution in [0.4, 0.5) is 0 Å². The van der Waals surface area contributed by atoms with Crippen LogP contribution in [0.25, 0.3) is 0 Å². The lowest BCUT2D eigenvalue weighted by Gasteiger charge is -2.00. The van der Waals surface area contributed by atoms with Crippen molar-refractivity contribution in [2.24, 2.45) is 0 Å². The summed E-state index contributed by atoms with van der Waals surface area (Å²) in [5, 5.41) is 24.6. The molecular weight excluding hydrogens is 282 g/mol. The predicted molar refractivity (Wildman–Crippen MR) is 80.1 cm³/mol. The second-order valence-corrected chi connectivity index (χ2v) is 3.45. The van der Waals surface area contributed by atoms with E-state index in [0.29, 0.717) is 0 Å². The number of nitrogens with zero attached hydrogens (tertiary/aromatic N) is 1. The van der Waals surface area contributed by atoms with Crippen LogP contribution in [0.5, 0.6) is 0 Å². The summed E-state index contributed by atoms with van der Waals surface area (Å²) >= 11 is 0. The van der Waals surface area contributed by atoms with E-state index in [0.717, 1.165) is 24.8 Å². The van der Waals surface area contributed by atoms with Crippen molar-refractivity contribution < 1.29 is 14.7 Å². The fraction of sp³-hybridized carbons (Fsp3) is 0.0625. The van der Waals surface area contributed by atoms with Gasteiger partial charge in [0.15, 0.2) is 0 Å². The molecule has 0 saturated carbocycles. The van der Waals surface area contributed by atoms with Gasteiger partial charge < -0.3 is 5.11 Å². The Labute approximate surface area is 128 Å². The summed E-state index contributed by atoms with van der Waals surface area (Å²) in [4.78, 5) is 16.7. The first-order chi connectivity index (χ1) is 10.7. The fourth-order valence-electron chi connectivity index (χ4n) is 1.43. The molecule has 0 amide bonds. The summed E-state index contributed by atoms with van der Waals surface area (Å²) < 4.78 is 0. The van der Waals surface area contributed by atoms with Crippen LogP contribution >= 0.6 is 0 Å². The molecule has 6 heteroatoms. The van der Waals surface area contributed by atoms with E-state index < -0.39 is 0 Å². The molecule has 0 heterocycles. The SMILES string of the molecule is N#CO.N=C=O.N=C=O.c1ccc(Cc2ccccc2)cc1. The lowest BCUT2D eigenvalue weighted by molar-refractivity contribution is 0.503. The van der Waals surface area contributed by atoms with Crippen LogP contribution < -0.4 is 0 Å². The summed E-state index contributed by atoms with van der Waals surface area (Å²) in [7, 11) is 0. The number of hydrogen-bond donors (Lipinski definition) is 3. The molecule has 0 bridgehead atoms. The molecule has 22 heavy (non-hydrogen) atoms. The zero-order valence-electron chi connectivity index (χ0n) is 11.7. The maximum Gasteiger partial charge on any atom is 0.283 e. The van der Waals surface area contributed by atoms with Gasteiger partial charge in [0.25, 0.3) is 6.26 Å². The molecule has 0 fully saturated rings. The minimum atomic E-state index is 0.750. The first-order valence-electron chi connectivity index (χ1n) is 5.88. The summed E-state index contributed by atoms with van der Waals surface area (Å²) in [6, 6.07) is 21.1. The summed E-state index contributed by atoms with van der Waals surface area (Å²) in [5.41, 5.74) is 2.74. The van der Waals surface area contributed by atoms with Crippen molar-refractivity contribution in [1.82, 2.24) is 0 Å². The molecule has 0 aromatic heterocycles. The second-order valence-electron chi connectivity index (χ2n) is 3.45. The highest BCUT2D eigenvalue weighted by Crippen LogP contribution is 2.07. The normalized spacial score (nSPS) is 6.86. The molecule has 0 saturated heterocycles. The molecule has 0 aliphatic rings. The molecule has 0 unspecified atom stereocenters. The number of aliphatic hydroxyl groups excluding tert-OH is 1. The van der Waals surface area contributed by atoms with Crippen LogP contribution in [0, 0.1) is 22.3 Å².